The molecule has 0 nitrogen and oxygen atoms in total. The molecule has 0 aliphatic heterocycles. The van der Waals surface area contributed by atoms with Crippen molar-refractivity contribution in [1.82, 2.24) is 0 Å². The Labute approximate surface area is 104 Å². The summed E-state index contributed by atoms with van der Waals surface area (Å²) in [6.07, 6.45) is 0.718. The van der Waals surface area contributed by atoms with Crippen molar-refractivity contribution in [2.75, 3.05) is 0 Å². The molecule has 0 N–H and O–H groups in total. The fraction of sp³-hybridized carbons (Fsp3) is 0.714. The number of halogens is 6. The minimum Gasteiger partial charge on any atom is -0.214 e. The zero-order chi connectivity index (χ0) is 11.8. The van der Waals surface area contributed by atoms with Crippen LogP contribution in [0.5, 0.6) is 0 Å². The number of allylic oxidation sites excluding steroid dienone is 1. The molecule has 7 heteroatoms. The van der Waals surface area contributed by atoms with E-state index in [4.69, 9.17) is 11.6 Å². The summed E-state index contributed by atoms with van der Waals surface area (Å²) in [5.74, 6) is 0. The second-order valence-electron chi connectivity index (χ2n) is 3.86. The molecule has 0 rings (SSSR count). The molecule has 1 atom stereocenters. The maximum Gasteiger partial charge on any atom is 0.352 e. The van der Waals surface area contributed by atoms with Gasteiger partial charge in [-0.05, 0) is 26.1 Å². The van der Waals surface area contributed by atoms with Crippen molar-refractivity contribution in [2.24, 2.45) is 0 Å². The van der Waals surface area contributed by atoms with Crippen LogP contribution < -0.4 is 0 Å². The average Bonchev–Trinajstić information content (AvgIpc) is 1.80. The SMILES string of the molecule is C[Si](C)(C)C(Br)=CC(F)(Cl)C(F)(F)Br. The van der Waals surface area contributed by atoms with E-state index in [1.807, 2.05) is 35.6 Å². The molecule has 0 heterocycles. The standard InChI is InChI=1S/C7H10Br2ClF3Si/c1-14(2,3)5(8)4-6(10,11)7(9,12)13/h4H,1-3H3. The van der Waals surface area contributed by atoms with E-state index in [1.165, 1.54) is 0 Å². The second-order valence-corrected chi connectivity index (χ2v) is 12.0. The first-order valence-electron chi connectivity index (χ1n) is 3.71. The van der Waals surface area contributed by atoms with E-state index in [0.717, 1.165) is 6.08 Å². The van der Waals surface area contributed by atoms with E-state index in [9.17, 15) is 13.2 Å². The third-order valence-electron chi connectivity index (χ3n) is 1.40. The van der Waals surface area contributed by atoms with Gasteiger partial charge in [-0.3, -0.25) is 0 Å². The molecule has 1 unspecified atom stereocenters. The van der Waals surface area contributed by atoms with E-state index in [-0.39, 0.29) is 0 Å². The van der Waals surface area contributed by atoms with Crippen molar-refractivity contribution in [3.8, 4) is 0 Å². The van der Waals surface area contributed by atoms with E-state index in [1.54, 1.807) is 0 Å². The summed E-state index contributed by atoms with van der Waals surface area (Å²) < 4.78 is 38.9. The molecule has 0 aromatic heterocycles. The van der Waals surface area contributed by atoms with Gasteiger partial charge < -0.3 is 0 Å². The van der Waals surface area contributed by atoms with Crippen LogP contribution in [0.25, 0.3) is 0 Å². The van der Waals surface area contributed by atoms with Crippen LogP contribution in [0.3, 0.4) is 0 Å². The van der Waals surface area contributed by atoms with Gasteiger partial charge in [0.15, 0.2) is 0 Å². The van der Waals surface area contributed by atoms with Crippen LogP contribution in [0.4, 0.5) is 13.2 Å². The van der Waals surface area contributed by atoms with Crippen molar-refractivity contribution in [1.29, 1.82) is 0 Å². The topological polar surface area (TPSA) is 0 Å². The van der Waals surface area contributed by atoms with Gasteiger partial charge in [0.2, 0.25) is 0 Å². The zero-order valence-corrected chi connectivity index (χ0v) is 12.8. The number of rotatable bonds is 3. The molecule has 14 heavy (non-hydrogen) atoms. The third-order valence-corrected chi connectivity index (χ3v) is 7.93. The molecular weight excluding hydrogens is 364 g/mol. The number of alkyl halides is 5. The molecule has 0 aromatic rings. The van der Waals surface area contributed by atoms with Crippen molar-refractivity contribution in [2.45, 2.75) is 29.6 Å². The van der Waals surface area contributed by atoms with Crippen LogP contribution in [-0.2, 0) is 0 Å². The molecule has 84 valence electrons. The largest absolute Gasteiger partial charge is 0.352 e. The van der Waals surface area contributed by atoms with Crippen LogP contribution in [0.2, 0.25) is 19.6 Å². The fourth-order valence-electron chi connectivity index (χ4n) is 0.457. The Morgan fingerprint density at radius 3 is 1.86 bits per heavy atom. The highest BCUT2D eigenvalue weighted by Crippen LogP contribution is 2.44. The molecule has 0 radical (unpaired) electrons. The van der Waals surface area contributed by atoms with Crippen molar-refractivity contribution in [3.05, 3.63) is 10.2 Å². The molecule has 0 bridgehead atoms. The molecule has 0 saturated heterocycles. The smallest absolute Gasteiger partial charge is 0.214 e. The van der Waals surface area contributed by atoms with Crippen LogP contribution in [0, 0.1) is 0 Å². The minimum absolute atomic E-state index is 0.418. The van der Waals surface area contributed by atoms with Crippen molar-refractivity contribution >= 4 is 51.5 Å². The summed E-state index contributed by atoms with van der Waals surface area (Å²) in [7, 11) is -1.85. The molecule has 0 fully saturated rings. The normalized spacial score (nSPS) is 19.4. The Morgan fingerprint density at radius 2 is 1.64 bits per heavy atom. The summed E-state index contributed by atoms with van der Waals surface area (Å²) in [5.41, 5.74) is 0. The van der Waals surface area contributed by atoms with Crippen LogP contribution in [-0.4, -0.2) is 18.0 Å². The second kappa shape index (κ2) is 4.47. The molecule has 0 aliphatic carbocycles. The molecule has 0 spiro atoms. The van der Waals surface area contributed by atoms with Gasteiger partial charge in [-0.25, -0.2) is 4.39 Å². The summed E-state index contributed by atoms with van der Waals surface area (Å²) in [4.78, 5) is -3.78. The number of hydrogen-bond acceptors (Lipinski definition) is 0. The highest BCUT2D eigenvalue weighted by molar-refractivity contribution is 9.12. The zero-order valence-electron chi connectivity index (χ0n) is 7.85. The van der Waals surface area contributed by atoms with Gasteiger partial charge in [-0.2, -0.15) is 8.78 Å². The van der Waals surface area contributed by atoms with Gasteiger partial charge in [0.05, 0.1) is 8.07 Å². The molecule has 0 saturated carbocycles. The maximum absolute atomic E-state index is 13.3. The first-order chi connectivity index (χ1) is 5.88. The predicted molar refractivity (Wildman–Crippen MR) is 63.9 cm³/mol. The monoisotopic (exact) mass is 372 g/mol. The minimum atomic E-state index is -3.78. The van der Waals surface area contributed by atoms with E-state index < -0.39 is 18.0 Å². The van der Waals surface area contributed by atoms with E-state index in [2.05, 4.69) is 15.9 Å². The van der Waals surface area contributed by atoms with Crippen molar-refractivity contribution < 1.29 is 13.2 Å². The lowest BCUT2D eigenvalue weighted by molar-refractivity contribution is 0.0218. The lowest BCUT2D eigenvalue weighted by Gasteiger charge is -2.23. The highest BCUT2D eigenvalue weighted by atomic mass is 79.9. The lowest BCUT2D eigenvalue weighted by Crippen LogP contribution is -2.33. The van der Waals surface area contributed by atoms with Crippen molar-refractivity contribution in [3.63, 3.8) is 0 Å². The van der Waals surface area contributed by atoms with Gasteiger partial charge in [-0.1, -0.05) is 47.2 Å². The van der Waals surface area contributed by atoms with Crippen LogP contribution in [0.1, 0.15) is 0 Å². The lowest BCUT2D eigenvalue weighted by atomic mass is 10.4. The average molecular weight is 374 g/mol. The van der Waals surface area contributed by atoms with Gasteiger partial charge in [0.25, 0.3) is 5.13 Å². The quantitative estimate of drug-likeness (QED) is 0.480. The van der Waals surface area contributed by atoms with Gasteiger partial charge in [-0.15, -0.1) is 0 Å². The van der Waals surface area contributed by atoms with Gasteiger partial charge in [0.1, 0.15) is 0 Å². The van der Waals surface area contributed by atoms with E-state index in [0.29, 0.717) is 4.11 Å². The van der Waals surface area contributed by atoms with Gasteiger partial charge in [0, 0.05) is 0 Å². The Hall–Kier alpha value is 0.997. The highest BCUT2D eigenvalue weighted by Gasteiger charge is 2.50. The Balaban J connectivity index is 5.00. The molecule has 0 aliphatic rings. The van der Waals surface area contributed by atoms with Crippen LogP contribution in [0.15, 0.2) is 10.2 Å². The summed E-state index contributed by atoms with van der Waals surface area (Å²) in [5, 5.41) is -3.20. The van der Waals surface area contributed by atoms with Gasteiger partial charge >= 0.3 is 4.83 Å². The fourth-order valence-corrected chi connectivity index (χ4v) is 1.85. The first-order valence-corrected chi connectivity index (χ1v) is 9.18. The summed E-state index contributed by atoms with van der Waals surface area (Å²) in [6.45, 7) is 5.65. The first kappa shape index (κ1) is 15.0. The predicted octanol–water partition coefficient (Wildman–Crippen LogP) is 5.03. The summed E-state index contributed by atoms with van der Waals surface area (Å²) >= 11 is 10.0. The van der Waals surface area contributed by atoms with E-state index >= 15 is 0 Å². The molecule has 0 amide bonds. The molecular formula is C7H10Br2ClF3Si. The third kappa shape index (κ3) is 4.24. The molecule has 0 aromatic carbocycles. The Morgan fingerprint density at radius 1 is 1.29 bits per heavy atom. The van der Waals surface area contributed by atoms with Crippen LogP contribution >= 0.6 is 43.5 Å². The Bertz CT molecular complexity index is 242. The maximum atomic E-state index is 13.3. The summed E-state index contributed by atoms with van der Waals surface area (Å²) in [6, 6.07) is 0. The Kier molecular flexibility index (Phi) is 4.79. The number of hydrogen-bond donors (Lipinski definition) is 0.